The van der Waals surface area contributed by atoms with Gasteiger partial charge in [0, 0.05) is 43.2 Å². The number of rotatable bonds is 23. The van der Waals surface area contributed by atoms with Gasteiger partial charge in [-0.2, -0.15) is 0 Å². The first kappa shape index (κ1) is 43.4. The third kappa shape index (κ3) is 10.0. The number of alkyl halides is 1. The van der Waals surface area contributed by atoms with E-state index in [0.29, 0.717) is 35.6 Å². The van der Waals surface area contributed by atoms with Crippen molar-refractivity contribution in [2.75, 3.05) is 65.8 Å². The van der Waals surface area contributed by atoms with Crippen molar-refractivity contribution in [2.24, 2.45) is 22.9 Å². The number of benzene rings is 2. The molecule has 6 atom stereocenters. The van der Waals surface area contributed by atoms with E-state index in [4.69, 9.17) is 40.1 Å². The number of amides is 1. The van der Waals surface area contributed by atoms with Crippen molar-refractivity contribution in [3.63, 3.8) is 0 Å². The molecule has 0 unspecified atom stereocenters. The molecule has 5 rings (SSSR count). The zero-order chi connectivity index (χ0) is 39.9. The Labute approximate surface area is 333 Å². The Balaban J connectivity index is 1.72. The lowest BCUT2D eigenvalue weighted by Gasteiger charge is -2.59. The second kappa shape index (κ2) is 21.7. The van der Waals surface area contributed by atoms with Gasteiger partial charge in [0.25, 0.3) is 0 Å². The number of hydrogen-bond acceptors (Lipinski definition) is 11. The highest BCUT2D eigenvalue weighted by Gasteiger charge is 2.65. The van der Waals surface area contributed by atoms with E-state index in [1.165, 1.54) is 18.1 Å². The van der Waals surface area contributed by atoms with E-state index in [1.54, 1.807) is 30.3 Å². The summed E-state index contributed by atoms with van der Waals surface area (Å²) in [5.41, 5.74) is 2.78. The lowest BCUT2D eigenvalue weighted by atomic mass is 9.55. The van der Waals surface area contributed by atoms with Gasteiger partial charge in [-0.3, -0.25) is 4.90 Å². The quantitative estimate of drug-likeness (QED) is 0.0502. The van der Waals surface area contributed by atoms with Crippen LogP contribution in [-0.2, 0) is 25.7 Å². The average molecular weight is 803 g/mol. The smallest absolute Gasteiger partial charge is 0.410 e. The molecule has 1 amide bonds. The fourth-order valence-corrected chi connectivity index (χ4v) is 8.61. The number of unbranched alkanes of at least 4 members (excludes halogenated alkanes) is 2. The molecule has 1 heterocycles. The number of hydrogen-bond donors (Lipinski definition) is 3. The van der Waals surface area contributed by atoms with E-state index in [9.17, 15) is 24.5 Å². The average Bonchev–Trinajstić information content (AvgIpc) is 3.21. The minimum absolute atomic E-state index is 0.00255. The van der Waals surface area contributed by atoms with Crippen LogP contribution in [0.4, 0.5) is 9.18 Å². The zero-order valence-corrected chi connectivity index (χ0v) is 32.9. The number of fused-ring (bicyclic) bond motifs is 2. The predicted molar refractivity (Wildman–Crippen MR) is 209 cm³/mol. The summed E-state index contributed by atoms with van der Waals surface area (Å²) in [5, 5.41) is 33.6. The van der Waals surface area contributed by atoms with Crippen molar-refractivity contribution in [3.8, 4) is 11.5 Å². The van der Waals surface area contributed by atoms with Gasteiger partial charge in [-0.1, -0.05) is 48.3 Å². The fourth-order valence-electron chi connectivity index (χ4n) is 8.54. The van der Waals surface area contributed by atoms with E-state index in [0.717, 1.165) is 36.8 Å². The molecule has 1 fully saturated rings. The van der Waals surface area contributed by atoms with Crippen LogP contribution in [0.5, 0.6) is 11.5 Å². The fraction of sp³-hybridized carbons (Fsp3) is 0.571. The van der Waals surface area contributed by atoms with Crippen LogP contribution in [0.25, 0.3) is 0 Å². The number of aliphatic hydroxyl groups excluding tert-OH is 3. The number of oxime groups is 1. The van der Waals surface area contributed by atoms with Crippen LogP contribution >= 0.6 is 11.6 Å². The molecule has 0 bridgehead atoms. The SMILES string of the molecule is C=CCO[C@@]12Oc3ccc(OCc4ccccc4F)cc3[C@H]3[C@H](CCCCO)[C@@H](CCCCO)C=C(C(=NOC)C[C@@H]1N(CCOCCO)C(=O)OCCCl)[C@H]32. The van der Waals surface area contributed by atoms with Gasteiger partial charge in [0.2, 0.25) is 5.79 Å². The molecule has 2 aliphatic carbocycles. The Morgan fingerprint density at radius 3 is 2.57 bits per heavy atom. The number of allylic oxidation sites excluding steroid dienone is 1. The van der Waals surface area contributed by atoms with Gasteiger partial charge in [-0.15, -0.1) is 18.2 Å². The monoisotopic (exact) mass is 802 g/mol. The van der Waals surface area contributed by atoms with Crippen LogP contribution in [0.15, 0.2) is 71.9 Å². The summed E-state index contributed by atoms with van der Waals surface area (Å²) in [6.07, 6.45) is 7.78. The van der Waals surface area contributed by atoms with Crippen molar-refractivity contribution in [3.05, 3.63) is 83.7 Å². The largest absolute Gasteiger partial charge is 0.489 e. The highest BCUT2D eigenvalue weighted by molar-refractivity contribution is 6.18. The summed E-state index contributed by atoms with van der Waals surface area (Å²) in [6.45, 7) is 4.23. The van der Waals surface area contributed by atoms with Crippen LogP contribution in [0.3, 0.4) is 0 Å². The first-order valence-corrected chi connectivity index (χ1v) is 20.1. The van der Waals surface area contributed by atoms with Crippen LogP contribution in [0.1, 0.15) is 62.0 Å². The summed E-state index contributed by atoms with van der Waals surface area (Å²) in [5.74, 6) is -1.48. The maximum Gasteiger partial charge on any atom is 0.410 e. The molecule has 56 heavy (non-hydrogen) atoms. The van der Waals surface area contributed by atoms with Crippen LogP contribution in [-0.4, -0.2) is 110 Å². The first-order valence-electron chi connectivity index (χ1n) is 19.5. The lowest BCUT2D eigenvalue weighted by molar-refractivity contribution is -0.256. The zero-order valence-electron chi connectivity index (χ0n) is 32.2. The number of ether oxygens (including phenoxy) is 5. The van der Waals surface area contributed by atoms with Gasteiger partial charge in [-0.25, -0.2) is 9.18 Å². The van der Waals surface area contributed by atoms with Gasteiger partial charge in [0.1, 0.15) is 43.7 Å². The molecule has 0 radical (unpaired) electrons. The van der Waals surface area contributed by atoms with Gasteiger partial charge in [-0.05, 0) is 67.4 Å². The Bertz CT molecular complexity index is 1640. The molecule has 0 spiro atoms. The number of carbonyl (C=O) groups excluding carboxylic acids is 1. The maximum absolute atomic E-state index is 14.6. The Hall–Kier alpha value is -3.72. The van der Waals surface area contributed by atoms with Crippen LogP contribution in [0, 0.1) is 23.6 Å². The molecule has 3 N–H and O–H groups in total. The van der Waals surface area contributed by atoms with Crippen molar-refractivity contribution in [2.45, 2.75) is 69.3 Å². The van der Waals surface area contributed by atoms with Crippen LogP contribution in [0.2, 0.25) is 0 Å². The van der Waals surface area contributed by atoms with Gasteiger partial charge in [0.15, 0.2) is 0 Å². The van der Waals surface area contributed by atoms with E-state index in [2.05, 4.69) is 17.8 Å². The van der Waals surface area contributed by atoms with Crippen molar-refractivity contribution < 1.29 is 53.0 Å². The molecule has 2 aromatic carbocycles. The molecule has 14 heteroatoms. The predicted octanol–water partition coefficient (Wildman–Crippen LogP) is 6.35. The van der Waals surface area contributed by atoms with E-state index in [-0.39, 0.29) is 95.3 Å². The topological polar surface area (TPSA) is 149 Å². The minimum atomic E-state index is -1.50. The molecule has 0 saturated heterocycles. The molecular weight excluding hydrogens is 747 g/mol. The van der Waals surface area contributed by atoms with Gasteiger partial charge in [0.05, 0.1) is 43.9 Å². The molecular formula is C42H56ClFN2O10. The summed E-state index contributed by atoms with van der Waals surface area (Å²) < 4.78 is 46.2. The molecule has 12 nitrogen and oxygen atoms in total. The number of halogens is 2. The van der Waals surface area contributed by atoms with Crippen molar-refractivity contribution in [1.82, 2.24) is 4.90 Å². The summed E-state index contributed by atoms with van der Waals surface area (Å²) in [4.78, 5) is 21.1. The summed E-state index contributed by atoms with van der Waals surface area (Å²) in [7, 11) is 1.48. The standard InChI is InChI=1S/C42H56ClFN2O10/c1-3-21-55-42-38(46(17-23-52-24-20-49)41(50)53-22-16-43)27-36(45-51-2)33-25-29(10-6-8-18-47)32(12-7-9-19-48)39(40(33)42)34-26-31(14-15-37(34)56-42)54-28-30-11-4-5-13-35(30)44/h3-5,11,13-15,25-26,29,32,38-40,47-49H,1,6-10,12,16-24,27-28H2,2H3/t29-,32+,38-,39+,40+,42+/m0/s1. The number of carbonyl (C=O) groups is 1. The van der Waals surface area contributed by atoms with Crippen LogP contribution < -0.4 is 9.47 Å². The normalized spacial score (nSPS) is 24.4. The first-order chi connectivity index (χ1) is 27.4. The number of nitrogens with zero attached hydrogens (tertiary/aromatic N) is 2. The number of aliphatic hydroxyl groups is 3. The van der Waals surface area contributed by atoms with Crippen molar-refractivity contribution in [1.29, 1.82) is 0 Å². The van der Waals surface area contributed by atoms with Gasteiger partial charge < -0.3 is 43.8 Å². The molecule has 1 saturated carbocycles. The Morgan fingerprint density at radius 2 is 1.86 bits per heavy atom. The second-order valence-electron chi connectivity index (χ2n) is 14.2. The highest BCUT2D eigenvalue weighted by Crippen LogP contribution is 2.62. The van der Waals surface area contributed by atoms with Crippen molar-refractivity contribution >= 4 is 23.4 Å². The van der Waals surface area contributed by atoms with E-state index in [1.807, 2.05) is 12.1 Å². The highest BCUT2D eigenvalue weighted by atomic mass is 35.5. The third-order valence-electron chi connectivity index (χ3n) is 10.8. The maximum atomic E-state index is 14.6. The Kier molecular flexibility index (Phi) is 16.8. The Morgan fingerprint density at radius 1 is 1.07 bits per heavy atom. The second-order valence-corrected chi connectivity index (χ2v) is 14.5. The molecule has 308 valence electrons. The summed E-state index contributed by atoms with van der Waals surface area (Å²) in [6, 6.07) is 11.2. The molecule has 0 aromatic heterocycles. The minimum Gasteiger partial charge on any atom is -0.489 e. The third-order valence-corrected chi connectivity index (χ3v) is 11.0. The van der Waals surface area contributed by atoms with Gasteiger partial charge >= 0.3 is 6.09 Å². The van der Waals surface area contributed by atoms with E-state index >= 15 is 0 Å². The lowest BCUT2D eigenvalue weighted by Crippen LogP contribution is -2.70. The molecule has 3 aliphatic rings. The van der Waals surface area contributed by atoms with E-state index < -0.39 is 23.8 Å². The molecule has 2 aromatic rings. The molecule has 1 aliphatic heterocycles. The summed E-state index contributed by atoms with van der Waals surface area (Å²) >= 11 is 5.97.